The molecule has 0 radical (unpaired) electrons. The number of urea groups is 1. The van der Waals surface area contributed by atoms with Crippen LogP contribution in [0.3, 0.4) is 0 Å². The van der Waals surface area contributed by atoms with Crippen molar-refractivity contribution in [1.82, 2.24) is 10.2 Å². The quantitative estimate of drug-likeness (QED) is 0.614. The van der Waals surface area contributed by atoms with Crippen molar-refractivity contribution in [2.24, 2.45) is 5.92 Å². The third-order valence-electron chi connectivity index (χ3n) is 2.49. The van der Waals surface area contributed by atoms with Crippen molar-refractivity contribution in [3.8, 4) is 0 Å². The summed E-state index contributed by atoms with van der Waals surface area (Å²) in [5, 5.41) is 2.64. The number of amides is 2. The standard InChI is InChI=1S/C10H18N2O/c1-8(2)9-4-6-12(7-5-9)10(13)11-3/h4,8H,5-7H2,1-3H3,(H,11,13). The second-order valence-electron chi connectivity index (χ2n) is 3.68. The summed E-state index contributed by atoms with van der Waals surface area (Å²) >= 11 is 0. The Morgan fingerprint density at radius 1 is 1.62 bits per heavy atom. The van der Waals surface area contributed by atoms with E-state index >= 15 is 0 Å². The Labute approximate surface area is 79.8 Å². The molecule has 0 aromatic carbocycles. The van der Waals surface area contributed by atoms with E-state index in [1.807, 2.05) is 4.90 Å². The lowest BCUT2D eigenvalue weighted by Gasteiger charge is -2.27. The zero-order chi connectivity index (χ0) is 9.84. The zero-order valence-electron chi connectivity index (χ0n) is 8.63. The molecule has 0 saturated heterocycles. The maximum absolute atomic E-state index is 11.2. The molecule has 0 aliphatic carbocycles. The highest BCUT2D eigenvalue weighted by molar-refractivity contribution is 5.74. The van der Waals surface area contributed by atoms with Gasteiger partial charge in [0.25, 0.3) is 0 Å². The fourth-order valence-electron chi connectivity index (χ4n) is 1.55. The summed E-state index contributed by atoms with van der Waals surface area (Å²) < 4.78 is 0. The first-order valence-electron chi connectivity index (χ1n) is 4.80. The van der Waals surface area contributed by atoms with Gasteiger partial charge in [0.2, 0.25) is 0 Å². The van der Waals surface area contributed by atoms with Gasteiger partial charge in [-0.25, -0.2) is 4.79 Å². The van der Waals surface area contributed by atoms with Crippen LogP contribution < -0.4 is 5.32 Å². The summed E-state index contributed by atoms with van der Waals surface area (Å²) in [6.45, 7) is 6.00. The lowest BCUT2D eigenvalue weighted by atomic mass is 9.97. The number of carbonyl (C=O) groups excluding carboxylic acids is 1. The van der Waals surface area contributed by atoms with Crippen molar-refractivity contribution in [2.75, 3.05) is 20.1 Å². The largest absolute Gasteiger partial charge is 0.341 e. The topological polar surface area (TPSA) is 32.3 Å². The van der Waals surface area contributed by atoms with Crippen molar-refractivity contribution in [2.45, 2.75) is 20.3 Å². The first-order chi connectivity index (χ1) is 6.15. The summed E-state index contributed by atoms with van der Waals surface area (Å²) in [6, 6.07) is 0.0269. The third-order valence-corrected chi connectivity index (χ3v) is 2.49. The minimum Gasteiger partial charge on any atom is -0.341 e. The number of nitrogens with zero attached hydrogens (tertiary/aromatic N) is 1. The van der Waals surface area contributed by atoms with Gasteiger partial charge in [-0.15, -0.1) is 0 Å². The van der Waals surface area contributed by atoms with Gasteiger partial charge in [-0.2, -0.15) is 0 Å². The molecule has 1 rings (SSSR count). The summed E-state index contributed by atoms with van der Waals surface area (Å²) in [7, 11) is 1.67. The van der Waals surface area contributed by atoms with Crippen LogP contribution in [0.5, 0.6) is 0 Å². The number of rotatable bonds is 1. The fourth-order valence-corrected chi connectivity index (χ4v) is 1.55. The average molecular weight is 182 g/mol. The second kappa shape index (κ2) is 4.30. The zero-order valence-corrected chi connectivity index (χ0v) is 8.63. The van der Waals surface area contributed by atoms with Crippen molar-refractivity contribution < 1.29 is 4.79 Å². The molecule has 1 N–H and O–H groups in total. The molecule has 0 spiro atoms. The van der Waals surface area contributed by atoms with E-state index in [0.29, 0.717) is 5.92 Å². The van der Waals surface area contributed by atoms with E-state index in [4.69, 9.17) is 0 Å². The molecule has 0 bridgehead atoms. The van der Waals surface area contributed by atoms with E-state index in [1.54, 1.807) is 7.05 Å². The smallest absolute Gasteiger partial charge is 0.317 e. The van der Waals surface area contributed by atoms with Crippen molar-refractivity contribution in [1.29, 1.82) is 0 Å². The minimum absolute atomic E-state index is 0.0269. The normalized spacial score (nSPS) is 17.2. The predicted molar refractivity (Wildman–Crippen MR) is 53.6 cm³/mol. The van der Waals surface area contributed by atoms with Crippen LogP contribution >= 0.6 is 0 Å². The summed E-state index contributed by atoms with van der Waals surface area (Å²) in [5.41, 5.74) is 1.47. The Balaban J connectivity index is 2.51. The van der Waals surface area contributed by atoms with Crippen LogP contribution in [0.4, 0.5) is 4.79 Å². The molecule has 1 heterocycles. The van der Waals surface area contributed by atoms with E-state index in [0.717, 1.165) is 19.5 Å². The van der Waals surface area contributed by atoms with Gasteiger partial charge >= 0.3 is 6.03 Å². The molecule has 0 fully saturated rings. The molecular weight excluding hydrogens is 164 g/mol. The van der Waals surface area contributed by atoms with E-state index < -0.39 is 0 Å². The van der Waals surface area contributed by atoms with Gasteiger partial charge in [0.15, 0.2) is 0 Å². The van der Waals surface area contributed by atoms with E-state index in [1.165, 1.54) is 5.57 Å². The lowest BCUT2D eigenvalue weighted by Crippen LogP contribution is -2.40. The van der Waals surface area contributed by atoms with Gasteiger partial charge in [0.05, 0.1) is 0 Å². The van der Waals surface area contributed by atoms with E-state index in [-0.39, 0.29) is 6.03 Å². The number of hydrogen-bond donors (Lipinski definition) is 1. The predicted octanol–water partition coefficient (Wildman–Crippen LogP) is 1.61. The first-order valence-corrected chi connectivity index (χ1v) is 4.80. The van der Waals surface area contributed by atoms with Crippen LogP contribution in [0.25, 0.3) is 0 Å². The van der Waals surface area contributed by atoms with Crippen LogP contribution in [0, 0.1) is 5.92 Å². The maximum Gasteiger partial charge on any atom is 0.317 e. The van der Waals surface area contributed by atoms with Gasteiger partial charge in [-0.3, -0.25) is 0 Å². The molecule has 2 amide bonds. The summed E-state index contributed by atoms with van der Waals surface area (Å²) in [6.07, 6.45) is 3.19. The van der Waals surface area contributed by atoms with Gasteiger partial charge < -0.3 is 10.2 Å². The van der Waals surface area contributed by atoms with Crippen LogP contribution in [0.15, 0.2) is 11.6 Å². The second-order valence-corrected chi connectivity index (χ2v) is 3.68. The van der Waals surface area contributed by atoms with Crippen molar-refractivity contribution in [3.63, 3.8) is 0 Å². The number of carbonyl (C=O) groups is 1. The number of hydrogen-bond acceptors (Lipinski definition) is 1. The van der Waals surface area contributed by atoms with Gasteiger partial charge in [0.1, 0.15) is 0 Å². The lowest BCUT2D eigenvalue weighted by molar-refractivity contribution is 0.203. The van der Waals surface area contributed by atoms with E-state index in [2.05, 4.69) is 25.2 Å². The van der Waals surface area contributed by atoms with Crippen LogP contribution in [0.1, 0.15) is 20.3 Å². The molecule has 0 aromatic rings. The Hall–Kier alpha value is -0.990. The molecule has 3 nitrogen and oxygen atoms in total. The molecule has 74 valence electrons. The van der Waals surface area contributed by atoms with Crippen molar-refractivity contribution >= 4 is 6.03 Å². The highest BCUT2D eigenvalue weighted by Gasteiger charge is 2.16. The molecule has 0 aromatic heterocycles. The molecule has 1 aliphatic heterocycles. The molecule has 3 heteroatoms. The highest BCUT2D eigenvalue weighted by Crippen LogP contribution is 2.18. The minimum atomic E-state index is 0.0269. The molecule has 0 saturated carbocycles. The van der Waals surface area contributed by atoms with Crippen LogP contribution in [-0.4, -0.2) is 31.1 Å². The van der Waals surface area contributed by atoms with Gasteiger partial charge in [0, 0.05) is 20.1 Å². The Morgan fingerprint density at radius 3 is 2.69 bits per heavy atom. The first kappa shape index (κ1) is 10.1. The summed E-state index contributed by atoms with van der Waals surface area (Å²) in [5.74, 6) is 0.617. The van der Waals surface area contributed by atoms with E-state index in [9.17, 15) is 4.79 Å². The van der Waals surface area contributed by atoms with Gasteiger partial charge in [-0.1, -0.05) is 25.5 Å². The fraction of sp³-hybridized carbons (Fsp3) is 0.700. The SMILES string of the molecule is CNC(=O)N1CC=C(C(C)C)CC1. The summed E-state index contributed by atoms with van der Waals surface area (Å²) in [4.78, 5) is 13.1. The average Bonchev–Trinajstić information content (AvgIpc) is 2.17. The Kier molecular flexibility index (Phi) is 3.34. The molecule has 1 aliphatic rings. The molecule has 0 atom stereocenters. The monoisotopic (exact) mass is 182 g/mol. The number of nitrogens with one attached hydrogen (secondary N) is 1. The van der Waals surface area contributed by atoms with Crippen LogP contribution in [0.2, 0.25) is 0 Å². The van der Waals surface area contributed by atoms with Gasteiger partial charge in [-0.05, 0) is 12.3 Å². The Morgan fingerprint density at radius 2 is 2.31 bits per heavy atom. The maximum atomic E-state index is 11.2. The molecular formula is C10H18N2O. The highest BCUT2D eigenvalue weighted by atomic mass is 16.2. The third kappa shape index (κ3) is 2.47. The molecule has 13 heavy (non-hydrogen) atoms. The molecule has 0 unspecified atom stereocenters. The van der Waals surface area contributed by atoms with Crippen molar-refractivity contribution in [3.05, 3.63) is 11.6 Å². The van der Waals surface area contributed by atoms with Crippen LogP contribution in [-0.2, 0) is 0 Å². The Bertz CT molecular complexity index is 221.